The molecule has 2 N–H and O–H groups in total. The SMILES string of the molecule is COc1cccc(Nc2ccnc(C(=O)Nc3cc(C)cc(C)c3)c2)c1. The van der Waals surface area contributed by atoms with E-state index in [-0.39, 0.29) is 5.91 Å². The highest BCUT2D eigenvalue weighted by atomic mass is 16.5. The number of carbonyl (C=O) groups is 1. The van der Waals surface area contributed by atoms with E-state index in [1.807, 2.05) is 56.3 Å². The van der Waals surface area contributed by atoms with Crippen LogP contribution < -0.4 is 15.4 Å². The maximum atomic E-state index is 12.5. The van der Waals surface area contributed by atoms with Gasteiger partial charge in [-0.25, -0.2) is 0 Å². The molecule has 0 bridgehead atoms. The number of benzene rings is 2. The van der Waals surface area contributed by atoms with Gasteiger partial charge in [0.05, 0.1) is 7.11 Å². The molecule has 0 atom stereocenters. The molecule has 0 radical (unpaired) electrons. The first-order valence-corrected chi connectivity index (χ1v) is 8.30. The molecule has 26 heavy (non-hydrogen) atoms. The molecule has 0 saturated carbocycles. The van der Waals surface area contributed by atoms with Gasteiger partial charge in [0.15, 0.2) is 0 Å². The van der Waals surface area contributed by atoms with E-state index in [2.05, 4.69) is 21.7 Å². The van der Waals surface area contributed by atoms with Crippen LogP contribution in [-0.2, 0) is 0 Å². The summed E-state index contributed by atoms with van der Waals surface area (Å²) in [6.45, 7) is 4.00. The predicted molar refractivity (Wildman–Crippen MR) is 104 cm³/mol. The molecule has 2 aromatic carbocycles. The Morgan fingerprint density at radius 2 is 1.65 bits per heavy atom. The summed E-state index contributed by atoms with van der Waals surface area (Å²) in [6.07, 6.45) is 1.61. The first-order chi connectivity index (χ1) is 12.5. The number of hydrogen-bond acceptors (Lipinski definition) is 4. The van der Waals surface area contributed by atoms with Gasteiger partial charge in [0.1, 0.15) is 11.4 Å². The second-order valence-corrected chi connectivity index (χ2v) is 6.12. The Labute approximate surface area is 153 Å². The van der Waals surface area contributed by atoms with Crippen molar-refractivity contribution in [3.05, 3.63) is 77.6 Å². The molecule has 1 amide bonds. The van der Waals surface area contributed by atoms with Crippen LogP contribution in [0.1, 0.15) is 21.6 Å². The standard InChI is InChI=1S/C21H21N3O2/c1-14-9-15(2)11-18(10-14)24-21(25)20-13-17(7-8-22-20)23-16-5-4-6-19(12-16)26-3/h4-13H,1-3H3,(H,22,23)(H,24,25). The van der Waals surface area contributed by atoms with Gasteiger partial charge in [0.2, 0.25) is 0 Å². The van der Waals surface area contributed by atoms with Gasteiger partial charge in [0.25, 0.3) is 5.91 Å². The van der Waals surface area contributed by atoms with Crippen LogP contribution in [0, 0.1) is 13.8 Å². The molecule has 3 aromatic rings. The van der Waals surface area contributed by atoms with E-state index in [0.717, 1.165) is 33.9 Å². The summed E-state index contributed by atoms with van der Waals surface area (Å²) >= 11 is 0. The normalized spacial score (nSPS) is 10.3. The average molecular weight is 347 g/mol. The number of ether oxygens (including phenoxy) is 1. The summed E-state index contributed by atoms with van der Waals surface area (Å²) in [6, 6.07) is 17.0. The van der Waals surface area contributed by atoms with Gasteiger partial charge in [-0.3, -0.25) is 9.78 Å². The first kappa shape index (κ1) is 17.5. The molecular formula is C21H21N3O2. The zero-order valence-electron chi connectivity index (χ0n) is 15.0. The second kappa shape index (κ2) is 7.70. The van der Waals surface area contributed by atoms with Crippen LogP contribution >= 0.6 is 0 Å². The van der Waals surface area contributed by atoms with Gasteiger partial charge >= 0.3 is 0 Å². The molecule has 0 fully saturated rings. The van der Waals surface area contributed by atoms with E-state index in [1.165, 1.54) is 0 Å². The van der Waals surface area contributed by atoms with Crippen molar-refractivity contribution in [1.29, 1.82) is 0 Å². The summed E-state index contributed by atoms with van der Waals surface area (Å²) in [4.78, 5) is 16.7. The van der Waals surface area contributed by atoms with E-state index in [1.54, 1.807) is 19.4 Å². The van der Waals surface area contributed by atoms with Gasteiger partial charge in [-0.05, 0) is 61.4 Å². The third-order valence-corrected chi connectivity index (χ3v) is 3.83. The van der Waals surface area contributed by atoms with Crippen LogP contribution in [0.15, 0.2) is 60.8 Å². The lowest BCUT2D eigenvalue weighted by molar-refractivity contribution is 0.102. The average Bonchev–Trinajstić information content (AvgIpc) is 2.61. The third-order valence-electron chi connectivity index (χ3n) is 3.83. The van der Waals surface area contributed by atoms with E-state index < -0.39 is 0 Å². The molecule has 5 nitrogen and oxygen atoms in total. The van der Waals surface area contributed by atoms with E-state index >= 15 is 0 Å². The summed E-state index contributed by atoms with van der Waals surface area (Å²) in [5, 5.41) is 6.16. The highest BCUT2D eigenvalue weighted by molar-refractivity contribution is 6.03. The highest BCUT2D eigenvalue weighted by Crippen LogP contribution is 2.22. The first-order valence-electron chi connectivity index (χ1n) is 8.30. The molecular weight excluding hydrogens is 326 g/mol. The maximum Gasteiger partial charge on any atom is 0.274 e. The number of aryl methyl sites for hydroxylation is 2. The fraction of sp³-hybridized carbons (Fsp3) is 0.143. The molecule has 0 saturated heterocycles. The second-order valence-electron chi connectivity index (χ2n) is 6.12. The molecule has 5 heteroatoms. The molecule has 3 rings (SSSR count). The van der Waals surface area contributed by atoms with Gasteiger partial charge in [-0.15, -0.1) is 0 Å². The molecule has 1 aromatic heterocycles. The number of rotatable bonds is 5. The van der Waals surface area contributed by atoms with Gasteiger partial charge < -0.3 is 15.4 Å². The highest BCUT2D eigenvalue weighted by Gasteiger charge is 2.09. The fourth-order valence-electron chi connectivity index (χ4n) is 2.74. The minimum atomic E-state index is -0.246. The van der Waals surface area contributed by atoms with E-state index in [4.69, 9.17) is 4.74 Å². The topological polar surface area (TPSA) is 63.2 Å². The fourth-order valence-corrected chi connectivity index (χ4v) is 2.74. The van der Waals surface area contributed by atoms with Crippen molar-refractivity contribution in [3.63, 3.8) is 0 Å². The largest absolute Gasteiger partial charge is 0.497 e. The Morgan fingerprint density at radius 1 is 0.923 bits per heavy atom. The van der Waals surface area contributed by atoms with Crippen molar-refractivity contribution < 1.29 is 9.53 Å². The zero-order valence-corrected chi connectivity index (χ0v) is 15.0. The number of methoxy groups -OCH3 is 1. The van der Waals surface area contributed by atoms with Crippen LogP contribution in [0.5, 0.6) is 5.75 Å². The number of nitrogens with zero attached hydrogens (tertiary/aromatic N) is 1. The molecule has 0 spiro atoms. The predicted octanol–water partition coefficient (Wildman–Crippen LogP) is 4.70. The maximum absolute atomic E-state index is 12.5. The van der Waals surface area contributed by atoms with Crippen LogP contribution in [-0.4, -0.2) is 18.0 Å². The van der Waals surface area contributed by atoms with Crippen LogP contribution in [0.25, 0.3) is 0 Å². The van der Waals surface area contributed by atoms with Crippen molar-refractivity contribution >= 4 is 23.0 Å². The zero-order chi connectivity index (χ0) is 18.5. The number of hydrogen-bond donors (Lipinski definition) is 2. The van der Waals surface area contributed by atoms with Gasteiger partial charge in [-0.1, -0.05) is 12.1 Å². The lowest BCUT2D eigenvalue weighted by Gasteiger charge is -2.10. The Kier molecular flexibility index (Phi) is 5.17. The van der Waals surface area contributed by atoms with Crippen LogP contribution in [0.2, 0.25) is 0 Å². The molecule has 0 aliphatic rings. The summed E-state index contributed by atoms with van der Waals surface area (Å²) in [5.41, 5.74) is 4.95. The van der Waals surface area contributed by atoms with Crippen molar-refractivity contribution in [2.45, 2.75) is 13.8 Å². The molecule has 0 aliphatic carbocycles. The van der Waals surface area contributed by atoms with Gasteiger partial charge in [0, 0.05) is 29.3 Å². The lowest BCUT2D eigenvalue weighted by atomic mass is 10.1. The number of anilines is 3. The third kappa shape index (κ3) is 4.39. The Balaban J connectivity index is 1.76. The van der Waals surface area contributed by atoms with E-state index in [0.29, 0.717) is 5.69 Å². The summed E-state index contributed by atoms with van der Waals surface area (Å²) in [7, 11) is 1.63. The van der Waals surface area contributed by atoms with Crippen LogP contribution in [0.4, 0.5) is 17.1 Å². The van der Waals surface area contributed by atoms with E-state index in [9.17, 15) is 4.79 Å². The number of pyridine rings is 1. The summed E-state index contributed by atoms with van der Waals surface area (Å²) in [5.74, 6) is 0.515. The van der Waals surface area contributed by atoms with Crippen LogP contribution in [0.3, 0.4) is 0 Å². The van der Waals surface area contributed by atoms with Crippen molar-refractivity contribution in [1.82, 2.24) is 4.98 Å². The van der Waals surface area contributed by atoms with Crippen molar-refractivity contribution in [2.75, 3.05) is 17.7 Å². The van der Waals surface area contributed by atoms with Crippen molar-refractivity contribution in [2.24, 2.45) is 0 Å². The molecule has 132 valence electrons. The molecule has 0 unspecified atom stereocenters. The monoisotopic (exact) mass is 347 g/mol. The van der Waals surface area contributed by atoms with Crippen molar-refractivity contribution in [3.8, 4) is 5.75 Å². The Bertz CT molecular complexity index is 918. The Hall–Kier alpha value is -3.34. The number of amides is 1. The smallest absolute Gasteiger partial charge is 0.274 e. The van der Waals surface area contributed by atoms with Gasteiger partial charge in [-0.2, -0.15) is 0 Å². The number of carbonyl (C=O) groups excluding carboxylic acids is 1. The quantitative estimate of drug-likeness (QED) is 0.702. The number of nitrogens with one attached hydrogen (secondary N) is 2. The summed E-state index contributed by atoms with van der Waals surface area (Å²) < 4.78 is 5.22. The molecule has 1 heterocycles. The number of aromatic nitrogens is 1. The minimum absolute atomic E-state index is 0.246. The Morgan fingerprint density at radius 3 is 2.38 bits per heavy atom. The minimum Gasteiger partial charge on any atom is -0.497 e. The molecule has 0 aliphatic heterocycles. The lowest BCUT2D eigenvalue weighted by Crippen LogP contribution is -2.14.